The zero-order chi connectivity index (χ0) is 15.7. The molecule has 0 radical (unpaired) electrons. The zero-order valence-electron chi connectivity index (χ0n) is 13.2. The SMILES string of the molecule is C=c1c(Nc2ccc(CC)cc2)cc(=C)c2c(C)cccc12. The molecular weight excluding hydrogens is 266 g/mol. The molecule has 0 amide bonds. The molecule has 110 valence electrons. The second kappa shape index (κ2) is 5.69. The van der Waals surface area contributed by atoms with Crippen LogP contribution in [0.2, 0.25) is 0 Å². The first-order chi connectivity index (χ1) is 10.6. The summed E-state index contributed by atoms with van der Waals surface area (Å²) in [5.74, 6) is 0. The fourth-order valence-corrected chi connectivity index (χ4v) is 2.91. The van der Waals surface area contributed by atoms with Gasteiger partial charge in [-0.3, -0.25) is 0 Å². The lowest BCUT2D eigenvalue weighted by Crippen LogP contribution is -2.15. The van der Waals surface area contributed by atoms with Gasteiger partial charge in [0, 0.05) is 11.4 Å². The Kier molecular flexibility index (Phi) is 3.72. The molecule has 0 spiro atoms. The molecule has 3 aromatic rings. The van der Waals surface area contributed by atoms with Gasteiger partial charge >= 0.3 is 0 Å². The van der Waals surface area contributed by atoms with Gasteiger partial charge in [-0.05, 0) is 63.9 Å². The predicted octanol–water partition coefficient (Wildman–Crippen LogP) is 4.27. The minimum atomic E-state index is 1.02. The average Bonchev–Trinajstić information content (AvgIpc) is 2.53. The van der Waals surface area contributed by atoms with Crippen LogP contribution in [0.5, 0.6) is 0 Å². The number of aryl methyl sites for hydroxylation is 2. The Morgan fingerprint density at radius 3 is 2.41 bits per heavy atom. The second-order valence-corrected chi connectivity index (χ2v) is 5.73. The van der Waals surface area contributed by atoms with Crippen molar-refractivity contribution in [3.8, 4) is 0 Å². The molecule has 0 unspecified atom stereocenters. The zero-order valence-corrected chi connectivity index (χ0v) is 13.2. The number of fused-ring (bicyclic) bond motifs is 1. The van der Waals surface area contributed by atoms with Crippen molar-refractivity contribution in [2.24, 2.45) is 0 Å². The topological polar surface area (TPSA) is 12.0 Å². The van der Waals surface area contributed by atoms with E-state index in [4.69, 9.17) is 0 Å². The maximum absolute atomic E-state index is 4.27. The van der Waals surface area contributed by atoms with E-state index in [-0.39, 0.29) is 0 Å². The van der Waals surface area contributed by atoms with Crippen LogP contribution >= 0.6 is 0 Å². The molecule has 0 aliphatic carbocycles. The lowest BCUT2D eigenvalue weighted by atomic mass is 10.0. The molecule has 0 aromatic heterocycles. The summed E-state index contributed by atoms with van der Waals surface area (Å²) in [4.78, 5) is 0. The van der Waals surface area contributed by atoms with Crippen molar-refractivity contribution < 1.29 is 0 Å². The first kappa shape index (κ1) is 14.4. The maximum Gasteiger partial charge on any atom is 0.0464 e. The Balaban J connectivity index is 2.10. The van der Waals surface area contributed by atoms with Crippen LogP contribution in [0.15, 0.2) is 48.5 Å². The highest BCUT2D eigenvalue weighted by molar-refractivity contribution is 5.90. The first-order valence-electron chi connectivity index (χ1n) is 7.66. The maximum atomic E-state index is 4.27. The molecule has 3 rings (SSSR count). The van der Waals surface area contributed by atoms with Gasteiger partial charge in [-0.1, -0.05) is 50.4 Å². The van der Waals surface area contributed by atoms with Crippen molar-refractivity contribution in [1.82, 2.24) is 0 Å². The van der Waals surface area contributed by atoms with Gasteiger partial charge in [-0.25, -0.2) is 0 Å². The van der Waals surface area contributed by atoms with Gasteiger partial charge in [0.25, 0.3) is 0 Å². The van der Waals surface area contributed by atoms with E-state index in [0.717, 1.165) is 28.2 Å². The Morgan fingerprint density at radius 2 is 1.73 bits per heavy atom. The molecule has 3 aromatic carbocycles. The third-order valence-electron chi connectivity index (χ3n) is 4.20. The number of nitrogens with one attached hydrogen (secondary N) is 1. The third kappa shape index (κ3) is 2.50. The van der Waals surface area contributed by atoms with Crippen LogP contribution < -0.4 is 15.8 Å². The third-order valence-corrected chi connectivity index (χ3v) is 4.20. The number of benzene rings is 3. The molecule has 0 aliphatic heterocycles. The van der Waals surface area contributed by atoms with Crippen molar-refractivity contribution >= 4 is 35.3 Å². The molecule has 0 saturated carbocycles. The van der Waals surface area contributed by atoms with Crippen molar-refractivity contribution in [2.75, 3.05) is 5.32 Å². The summed E-state index contributed by atoms with van der Waals surface area (Å²) in [7, 11) is 0. The standard InChI is InChI=1S/C21H21N/c1-5-17-9-11-18(12-10-17)22-20-13-15(3)21-14(2)7-6-8-19(21)16(20)4/h6-13,22H,3-5H2,1-2H3. The van der Waals surface area contributed by atoms with Crippen LogP contribution in [0, 0.1) is 6.92 Å². The molecule has 1 nitrogen and oxygen atoms in total. The highest BCUT2D eigenvalue weighted by Gasteiger charge is 2.04. The van der Waals surface area contributed by atoms with Crippen LogP contribution in [-0.2, 0) is 6.42 Å². The summed E-state index contributed by atoms with van der Waals surface area (Å²) in [6.07, 6.45) is 1.05. The summed E-state index contributed by atoms with van der Waals surface area (Å²) in [6, 6.07) is 16.9. The molecule has 0 heterocycles. The van der Waals surface area contributed by atoms with Gasteiger partial charge in [0.05, 0.1) is 0 Å². The Labute approximate surface area is 131 Å². The lowest BCUT2D eigenvalue weighted by molar-refractivity contribution is 1.14. The molecule has 0 fully saturated rings. The molecule has 0 aliphatic rings. The summed E-state index contributed by atoms with van der Waals surface area (Å²) in [5.41, 5.74) is 4.68. The number of rotatable bonds is 3. The minimum absolute atomic E-state index is 1.02. The van der Waals surface area contributed by atoms with Gasteiger partial charge < -0.3 is 5.32 Å². The van der Waals surface area contributed by atoms with Gasteiger partial charge in [0.1, 0.15) is 0 Å². The Hall–Kier alpha value is -2.54. The van der Waals surface area contributed by atoms with Crippen molar-refractivity contribution in [3.63, 3.8) is 0 Å². The van der Waals surface area contributed by atoms with E-state index in [1.165, 1.54) is 21.9 Å². The molecule has 22 heavy (non-hydrogen) atoms. The Morgan fingerprint density at radius 1 is 1.00 bits per heavy atom. The molecule has 1 N–H and O–H groups in total. The van der Waals surface area contributed by atoms with E-state index in [0.29, 0.717) is 0 Å². The second-order valence-electron chi connectivity index (χ2n) is 5.73. The number of hydrogen-bond donors (Lipinski definition) is 1. The van der Waals surface area contributed by atoms with Gasteiger partial charge in [-0.15, -0.1) is 0 Å². The lowest BCUT2D eigenvalue weighted by Gasteiger charge is -2.11. The van der Waals surface area contributed by atoms with Gasteiger partial charge in [0.2, 0.25) is 0 Å². The van der Waals surface area contributed by atoms with E-state index in [1.807, 2.05) is 0 Å². The summed E-state index contributed by atoms with van der Waals surface area (Å²) in [5, 5.41) is 7.90. The molecule has 0 atom stereocenters. The molecule has 1 heteroatoms. The van der Waals surface area contributed by atoms with E-state index >= 15 is 0 Å². The molecule has 0 bridgehead atoms. The van der Waals surface area contributed by atoms with Crippen molar-refractivity contribution in [2.45, 2.75) is 20.3 Å². The average molecular weight is 287 g/mol. The van der Waals surface area contributed by atoms with E-state index in [9.17, 15) is 0 Å². The smallest absolute Gasteiger partial charge is 0.0464 e. The predicted molar refractivity (Wildman–Crippen MR) is 98.1 cm³/mol. The van der Waals surface area contributed by atoms with Crippen molar-refractivity contribution in [1.29, 1.82) is 0 Å². The fourth-order valence-electron chi connectivity index (χ4n) is 2.91. The van der Waals surface area contributed by atoms with Crippen LogP contribution in [0.1, 0.15) is 18.1 Å². The van der Waals surface area contributed by atoms with E-state index < -0.39 is 0 Å². The molecule has 0 saturated heterocycles. The van der Waals surface area contributed by atoms with E-state index in [1.54, 1.807) is 0 Å². The van der Waals surface area contributed by atoms with Crippen LogP contribution in [0.4, 0.5) is 11.4 Å². The number of anilines is 2. The number of hydrogen-bond acceptors (Lipinski definition) is 1. The largest absolute Gasteiger partial charge is 0.355 e. The van der Waals surface area contributed by atoms with Crippen molar-refractivity contribution in [3.05, 3.63) is 70.1 Å². The highest BCUT2D eigenvalue weighted by Crippen LogP contribution is 2.17. The first-order valence-corrected chi connectivity index (χ1v) is 7.66. The van der Waals surface area contributed by atoms with Crippen LogP contribution in [-0.4, -0.2) is 0 Å². The normalized spacial score (nSPS) is 10.8. The monoisotopic (exact) mass is 287 g/mol. The quantitative estimate of drug-likeness (QED) is 0.758. The summed E-state index contributed by atoms with van der Waals surface area (Å²) in [6.45, 7) is 12.8. The van der Waals surface area contributed by atoms with Gasteiger partial charge in [0.15, 0.2) is 0 Å². The highest BCUT2D eigenvalue weighted by atomic mass is 14.9. The van der Waals surface area contributed by atoms with Crippen LogP contribution in [0.3, 0.4) is 0 Å². The molecular formula is C21H21N. The Bertz CT molecular complexity index is 921. The fraction of sp³-hybridized carbons (Fsp3) is 0.143. The van der Waals surface area contributed by atoms with Crippen LogP contribution in [0.25, 0.3) is 23.9 Å². The summed E-state index contributed by atoms with van der Waals surface area (Å²) < 4.78 is 0. The summed E-state index contributed by atoms with van der Waals surface area (Å²) >= 11 is 0. The van der Waals surface area contributed by atoms with Gasteiger partial charge in [-0.2, -0.15) is 0 Å². The minimum Gasteiger partial charge on any atom is -0.355 e. The van der Waals surface area contributed by atoms with E-state index in [2.05, 4.69) is 80.9 Å².